The lowest BCUT2D eigenvalue weighted by atomic mass is 10.0. The first-order valence-corrected chi connectivity index (χ1v) is 14.5. The van der Waals surface area contributed by atoms with Crippen molar-refractivity contribution in [3.63, 3.8) is 0 Å². The normalized spacial score (nSPS) is 23.5. The third kappa shape index (κ3) is 4.37. The van der Waals surface area contributed by atoms with Gasteiger partial charge in [0.05, 0.1) is 26.1 Å². The van der Waals surface area contributed by atoms with Crippen LogP contribution in [0.25, 0.3) is 10.4 Å². The van der Waals surface area contributed by atoms with Gasteiger partial charge in [0.2, 0.25) is 11.8 Å². The van der Waals surface area contributed by atoms with Gasteiger partial charge in [-0.1, -0.05) is 6.07 Å². The molecule has 0 bridgehead atoms. The van der Waals surface area contributed by atoms with Gasteiger partial charge < -0.3 is 10.2 Å². The molecule has 1 aliphatic heterocycles. The van der Waals surface area contributed by atoms with E-state index in [1.165, 1.54) is 17.4 Å². The summed E-state index contributed by atoms with van der Waals surface area (Å²) in [5, 5.41) is 11.4. The van der Waals surface area contributed by atoms with Crippen molar-refractivity contribution >= 4 is 33.0 Å². The lowest BCUT2D eigenvalue weighted by molar-refractivity contribution is -0.199. The van der Waals surface area contributed by atoms with Crippen LogP contribution in [0.3, 0.4) is 0 Å². The largest absolute Gasteiger partial charge is 0.403 e. The Bertz CT molecular complexity index is 1470. The second-order valence-electron chi connectivity index (χ2n) is 10.4. The van der Waals surface area contributed by atoms with Crippen LogP contribution in [0.5, 0.6) is 0 Å². The van der Waals surface area contributed by atoms with Crippen molar-refractivity contribution in [1.82, 2.24) is 15.2 Å². The van der Waals surface area contributed by atoms with Crippen molar-refractivity contribution in [2.45, 2.75) is 73.9 Å². The Kier molecular flexibility index (Phi) is 6.15. The molecule has 3 fully saturated rings. The predicted molar refractivity (Wildman–Crippen MR) is 132 cm³/mol. The number of benzene rings is 1. The molecule has 2 atom stereocenters. The summed E-state index contributed by atoms with van der Waals surface area (Å²) in [6.07, 6.45) is -3.52. The minimum atomic E-state index is -4.81. The van der Waals surface area contributed by atoms with Gasteiger partial charge in [0, 0.05) is 12.7 Å². The first-order valence-electron chi connectivity index (χ1n) is 12.1. The molecule has 2 amide bonds. The van der Waals surface area contributed by atoms with E-state index in [0.717, 1.165) is 20.3 Å². The standard InChI is InChI=1S/C25H25F3N4O4S2/c1-14-9-16(19-11-30-15(2)37-19)3-4-20(14)38(35,36)17-10-18(21(33)31-23(13-29)5-6-23)32(12-17)22(34)24(7-8-24)25(26,27)28/h3-4,9,11,17-18H,5-8,10,12H2,1-2H3,(H,31,33). The number of halogens is 3. The molecule has 202 valence electrons. The maximum Gasteiger partial charge on any atom is 0.403 e. The number of sulfone groups is 1. The van der Waals surface area contributed by atoms with E-state index < -0.39 is 69.5 Å². The smallest absolute Gasteiger partial charge is 0.336 e. The third-order valence-corrected chi connectivity index (χ3v) is 10.9. The zero-order valence-electron chi connectivity index (χ0n) is 20.6. The SMILES string of the molecule is Cc1ncc(-c2ccc(S(=O)(=O)C3CC(C(=O)NC4(C#N)CC4)N(C(=O)C4(C(F)(F)F)CC4)C3)c(C)c2)s1. The number of nitrogens with one attached hydrogen (secondary N) is 1. The molecule has 2 saturated carbocycles. The van der Waals surface area contributed by atoms with Gasteiger partial charge in [-0.25, -0.2) is 13.4 Å². The second-order valence-corrected chi connectivity index (χ2v) is 13.8. The fourth-order valence-electron chi connectivity index (χ4n) is 5.02. The Labute approximate surface area is 221 Å². The third-order valence-electron chi connectivity index (χ3n) is 7.68. The first kappa shape index (κ1) is 26.6. The van der Waals surface area contributed by atoms with Crippen LogP contribution in [0, 0.1) is 30.6 Å². The molecule has 2 aliphatic carbocycles. The van der Waals surface area contributed by atoms with E-state index in [1.54, 1.807) is 25.3 Å². The van der Waals surface area contributed by atoms with Gasteiger partial charge in [-0.3, -0.25) is 9.59 Å². The van der Waals surface area contributed by atoms with Crippen molar-refractivity contribution in [3.8, 4) is 16.5 Å². The summed E-state index contributed by atoms with van der Waals surface area (Å²) in [6, 6.07) is 5.34. The Morgan fingerprint density at radius 1 is 1.21 bits per heavy atom. The molecular weight excluding hydrogens is 541 g/mol. The molecule has 5 rings (SSSR count). The number of hydrogen-bond donors (Lipinski definition) is 1. The molecule has 38 heavy (non-hydrogen) atoms. The van der Waals surface area contributed by atoms with E-state index >= 15 is 0 Å². The second kappa shape index (κ2) is 8.77. The summed E-state index contributed by atoms with van der Waals surface area (Å²) < 4.78 is 68.7. The predicted octanol–water partition coefficient (Wildman–Crippen LogP) is 3.69. The highest BCUT2D eigenvalue weighted by molar-refractivity contribution is 7.92. The molecule has 1 aromatic heterocycles. The fraction of sp³-hybridized carbons (Fsp3) is 0.520. The fourth-order valence-corrected chi connectivity index (χ4v) is 7.71. The molecule has 2 aromatic rings. The number of aromatic nitrogens is 1. The van der Waals surface area contributed by atoms with E-state index in [0.29, 0.717) is 18.4 Å². The van der Waals surface area contributed by atoms with Crippen LogP contribution in [-0.2, 0) is 19.4 Å². The maximum atomic E-state index is 13.8. The first-order chi connectivity index (χ1) is 17.7. The lowest BCUT2D eigenvalue weighted by Crippen LogP contribution is -2.53. The summed E-state index contributed by atoms with van der Waals surface area (Å²) in [5.74, 6) is -2.09. The molecule has 2 heterocycles. The monoisotopic (exact) mass is 566 g/mol. The van der Waals surface area contributed by atoms with Gasteiger partial charge in [0.1, 0.15) is 17.0 Å². The quantitative estimate of drug-likeness (QED) is 0.570. The molecule has 8 nitrogen and oxygen atoms in total. The van der Waals surface area contributed by atoms with Crippen LogP contribution < -0.4 is 5.32 Å². The van der Waals surface area contributed by atoms with Crippen LogP contribution in [0.1, 0.15) is 42.7 Å². The van der Waals surface area contributed by atoms with Gasteiger partial charge in [-0.05, 0) is 69.2 Å². The summed E-state index contributed by atoms with van der Waals surface area (Å²) in [4.78, 5) is 32.1. The van der Waals surface area contributed by atoms with Crippen molar-refractivity contribution in [2.24, 2.45) is 5.41 Å². The molecule has 13 heteroatoms. The molecule has 3 aliphatic rings. The topological polar surface area (TPSA) is 120 Å². The number of carbonyl (C=O) groups excluding carboxylic acids is 2. The van der Waals surface area contributed by atoms with Crippen molar-refractivity contribution in [2.75, 3.05) is 6.54 Å². The van der Waals surface area contributed by atoms with Crippen molar-refractivity contribution in [1.29, 1.82) is 5.26 Å². The van der Waals surface area contributed by atoms with Gasteiger partial charge in [0.25, 0.3) is 0 Å². The van der Waals surface area contributed by atoms with E-state index in [9.17, 15) is 36.4 Å². The molecular formula is C25H25F3N4O4S2. The molecule has 1 N–H and O–H groups in total. The van der Waals surface area contributed by atoms with E-state index in [4.69, 9.17) is 0 Å². The number of nitriles is 1. The number of alkyl halides is 3. The number of thiazole rings is 1. The number of likely N-dealkylation sites (tertiary alicyclic amines) is 1. The average molecular weight is 567 g/mol. The maximum absolute atomic E-state index is 13.8. The van der Waals surface area contributed by atoms with Crippen LogP contribution in [0.4, 0.5) is 13.2 Å². The van der Waals surface area contributed by atoms with Crippen molar-refractivity contribution in [3.05, 3.63) is 35.0 Å². The molecule has 2 unspecified atom stereocenters. The molecule has 1 saturated heterocycles. The Morgan fingerprint density at radius 3 is 2.39 bits per heavy atom. The van der Waals surface area contributed by atoms with Crippen molar-refractivity contribution < 1.29 is 31.2 Å². The highest BCUT2D eigenvalue weighted by Crippen LogP contribution is 2.59. The highest BCUT2D eigenvalue weighted by atomic mass is 32.2. The van der Waals surface area contributed by atoms with Crippen LogP contribution in [0.15, 0.2) is 29.3 Å². The van der Waals surface area contributed by atoms with E-state index in [1.807, 2.05) is 13.0 Å². The number of rotatable bonds is 6. The van der Waals surface area contributed by atoms with Crippen LogP contribution >= 0.6 is 11.3 Å². The Balaban J connectivity index is 1.45. The van der Waals surface area contributed by atoms with Gasteiger partial charge in [-0.2, -0.15) is 18.4 Å². The summed E-state index contributed by atoms with van der Waals surface area (Å²) in [6.45, 7) is 2.94. The summed E-state index contributed by atoms with van der Waals surface area (Å²) in [7, 11) is -4.12. The minimum Gasteiger partial charge on any atom is -0.336 e. The number of carbonyl (C=O) groups is 2. The average Bonchev–Trinajstić information content (AvgIpc) is 3.73. The van der Waals surface area contributed by atoms with Gasteiger partial charge in [-0.15, -0.1) is 11.3 Å². The molecule has 1 aromatic carbocycles. The molecule has 0 spiro atoms. The Morgan fingerprint density at radius 2 is 1.89 bits per heavy atom. The zero-order valence-corrected chi connectivity index (χ0v) is 22.3. The number of amides is 2. The number of hydrogen-bond acceptors (Lipinski definition) is 7. The van der Waals surface area contributed by atoms with Gasteiger partial charge >= 0.3 is 6.18 Å². The van der Waals surface area contributed by atoms with E-state index in [2.05, 4.69) is 10.3 Å². The molecule has 0 radical (unpaired) electrons. The van der Waals surface area contributed by atoms with Crippen LogP contribution in [-0.4, -0.2) is 59.7 Å². The Hall–Kier alpha value is -2.98. The summed E-state index contributed by atoms with van der Waals surface area (Å²) >= 11 is 1.45. The van der Waals surface area contributed by atoms with Gasteiger partial charge in [0.15, 0.2) is 9.84 Å². The number of aryl methyl sites for hydroxylation is 2. The lowest BCUT2D eigenvalue weighted by Gasteiger charge is -2.29. The zero-order chi connectivity index (χ0) is 27.7. The van der Waals surface area contributed by atoms with Crippen LogP contribution in [0.2, 0.25) is 0 Å². The minimum absolute atomic E-state index is 0.00594. The van der Waals surface area contributed by atoms with E-state index in [-0.39, 0.29) is 11.3 Å². The summed E-state index contributed by atoms with van der Waals surface area (Å²) in [5.41, 5.74) is -2.50. The number of nitrogens with zero attached hydrogens (tertiary/aromatic N) is 3. The highest BCUT2D eigenvalue weighted by Gasteiger charge is 2.70.